The molecule has 4 rings (SSSR count). The predicted octanol–water partition coefficient (Wildman–Crippen LogP) is 3.77. The number of dihydropyridines is 1. The number of imidazole rings is 1. The largest absolute Gasteiger partial charge is 0.481 e. The molecular formula is C23H28N4O3. The number of hydrogen-bond acceptors (Lipinski definition) is 5. The Kier molecular flexibility index (Phi) is 5.37. The third-order valence-electron chi connectivity index (χ3n) is 5.62. The van der Waals surface area contributed by atoms with Crippen molar-refractivity contribution >= 4 is 11.5 Å². The molecule has 1 fully saturated rings. The van der Waals surface area contributed by atoms with E-state index >= 15 is 0 Å². The molecule has 0 aromatic carbocycles. The lowest BCUT2D eigenvalue weighted by Crippen LogP contribution is -2.32. The molecular weight excluding hydrogens is 380 g/mol. The number of nitrogens with one attached hydrogen (secondary N) is 2. The van der Waals surface area contributed by atoms with Gasteiger partial charge in [-0.05, 0) is 68.7 Å². The van der Waals surface area contributed by atoms with Gasteiger partial charge in [-0.3, -0.25) is 9.78 Å². The van der Waals surface area contributed by atoms with Crippen LogP contribution in [0.2, 0.25) is 0 Å². The zero-order valence-electron chi connectivity index (χ0n) is 17.7. The van der Waals surface area contributed by atoms with Crippen LogP contribution in [0.4, 0.5) is 0 Å². The van der Waals surface area contributed by atoms with Gasteiger partial charge in [-0.25, -0.2) is 4.98 Å². The molecule has 1 aliphatic carbocycles. The van der Waals surface area contributed by atoms with Crippen molar-refractivity contribution in [3.63, 3.8) is 0 Å². The van der Waals surface area contributed by atoms with Crippen LogP contribution < -0.4 is 5.32 Å². The summed E-state index contributed by atoms with van der Waals surface area (Å²) < 4.78 is 5.68. The third kappa shape index (κ3) is 4.56. The average molecular weight is 409 g/mol. The molecule has 7 nitrogen and oxygen atoms in total. The molecule has 0 bridgehead atoms. The first-order valence-corrected chi connectivity index (χ1v) is 10.3. The highest BCUT2D eigenvalue weighted by molar-refractivity contribution is 5.74. The van der Waals surface area contributed by atoms with Gasteiger partial charge in [0, 0.05) is 30.7 Å². The molecule has 2 aliphatic rings. The average Bonchev–Trinajstić information content (AvgIpc) is 3.41. The molecule has 1 saturated carbocycles. The van der Waals surface area contributed by atoms with E-state index in [-0.39, 0.29) is 6.61 Å². The van der Waals surface area contributed by atoms with Gasteiger partial charge < -0.3 is 20.1 Å². The monoisotopic (exact) mass is 408 g/mol. The molecule has 0 saturated heterocycles. The number of ether oxygens (including phenoxy) is 1. The lowest BCUT2D eigenvalue weighted by atomic mass is 9.95. The summed E-state index contributed by atoms with van der Waals surface area (Å²) in [5, 5.41) is 12.4. The quantitative estimate of drug-likeness (QED) is 0.615. The van der Waals surface area contributed by atoms with Crippen molar-refractivity contribution in [3.8, 4) is 11.5 Å². The van der Waals surface area contributed by atoms with E-state index in [4.69, 9.17) is 4.74 Å². The van der Waals surface area contributed by atoms with Gasteiger partial charge in [-0.1, -0.05) is 6.07 Å². The van der Waals surface area contributed by atoms with Crippen LogP contribution in [0.5, 0.6) is 0 Å². The molecule has 0 amide bonds. The molecule has 2 aromatic rings. The van der Waals surface area contributed by atoms with Crippen LogP contribution in [0.1, 0.15) is 44.9 Å². The van der Waals surface area contributed by atoms with Crippen molar-refractivity contribution in [3.05, 3.63) is 53.3 Å². The third-order valence-corrected chi connectivity index (χ3v) is 5.62. The molecule has 30 heavy (non-hydrogen) atoms. The van der Waals surface area contributed by atoms with Crippen LogP contribution in [0.25, 0.3) is 17.1 Å². The van der Waals surface area contributed by atoms with Crippen molar-refractivity contribution < 1.29 is 14.6 Å². The number of allylic oxidation sites excluding steroid dienone is 2. The number of nitrogens with zero attached hydrogens (tertiary/aromatic N) is 2. The highest BCUT2D eigenvalue weighted by Gasteiger charge is 2.29. The minimum atomic E-state index is -0.940. The number of carboxylic acids is 1. The van der Waals surface area contributed by atoms with E-state index in [1.165, 1.54) is 18.5 Å². The van der Waals surface area contributed by atoms with Gasteiger partial charge >= 0.3 is 5.97 Å². The van der Waals surface area contributed by atoms with Crippen molar-refractivity contribution in [2.75, 3.05) is 13.2 Å². The standard InChI is InChI=1S/C23H28N4O3/c1-14-8-20(30-13-23(2,3)22(28)29)25-12-18(14)16-6-7-19(24-10-16)21-26-11-17(27-21)9-15-4-5-15/h6-8,10-11,15,25H,4-5,9,12-13H2,1-3H3,(H,26,27)(H,28,29). The van der Waals surface area contributed by atoms with Gasteiger partial charge in [0.1, 0.15) is 12.3 Å². The number of carboxylic acid groups (broad SMARTS) is 1. The highest BCUT2D eigenvalue weighted by atomic mass is 16.5. The molecule has 158 valence electrons. The predicted molar refractivity (Wildman–Crippen MR) is 114 cm³/mol. The van der Waals surface area contributed by atoms with E-state index in [1.807, 2.05) is 31.5 Å². The summed E-state index contributed by atoms with van der Waals surface area (Å²) in [4.78, 5) is 23.7. The molecule has 3 N–H and O–H groups in total. The minimum Gasteiger partial charge on any atom is -0.481 e. The Bertz CT molecular complexity index is 998. The van der Waals surface area contributed by atoms with E-state index in [2.05, 4.69) is 26.3 Å². The zero-order chi connectivity index (χ0) is 21.3. The topological polar surface area (TPSA) is 100 Å². The molecule has 0 spiro atoms. The van der Waals surface area contributed by atoms with E-state index in [0.717, 1.165) is 40.6 Å². The van der Waals surface area contributed by atoms with Gasteiger partial charge in [0.05, 0.1) is 5.41 Å². The maximum Gasteiger partial charge on any atom is 0.312 e. The number of aromatic nitrogens is 3. The molecule has 3 heterocycles. The number of rotatable bonds is 8. The summed E-state index contributed by atoms with van der Waals surface area (Å²) >= 11 is 0. The maximum absolute atomic E-state index is 11.2. The van der Waals surface area contributed by atoms with Crippen molar-refractivity contribution in [2.24, 2.45) is 11.3 Å². The second kappa shape index (κ2) is 7.97. The van der Waals surface area contributed by atoms with Crippen molar-refractivity contribution in [1.82, 2.24) is 20.3 Å². The number of pyridine rings is 1. The summed E-state index contributed by atoms with van der Waals surface area (Å²) in [6.07, 6.45) is 9.40. The molecule has 1 aliphatic heterocycles. The van der Waals surface area contributed by atoms with Crippen LogP contribution in [0, 0.1) is 11.3 Å². The van der Waals surface area contributed by atoms with E-state index in [1.54, 1.807) is 13.8 Å². The summed E-state index contributed by atoms with van der Waals surface area (Å²) in [5.74, 6) is 1.34. The molecule has 2 aromatic heterocycles. The number of aromatic amines is 1. The van der Waals surface area contributed by atoms with E-state index in [0.29, 0.717) is 12.4 Å². The first-order chi connectivity index (χ1) is 14.3. The van der Waals surface area contributed by atoms with Crippen LogP contribution in [-0.2, 0) is 16.0 Å². The molecule has 0 radical (unpaired) electrons. The Balaban J connectivity index is 1.44. The fraction of sp³-hybridized carbons (Fsp3) is 0.435. The van der Waals surface area contributed by atoms with Crippen LogP contribution in [-0.4, -0.2) is 39.2 Å². The summed E-state index contributed by atoms with van der Waals surface area (Å²) in [5.41, 5.74) is 4.30. The van der Waals surface area contributed by atoms with E-state index < -0.39 is 11.4 Å². The van der Waals surface area contributed by atoms with Crippen LogP contribution in [0.3, 0.4) is 0 Å². The second-order valence-electron chi connectivity index (χ2n) is 8.84. The highest BCUT2D eigenvalue weighted by Crippen LogP contribution is 2.32. The Hall–Kier alpha value is -3.09. The molecule has 7 heteroatoms. The first kappa shape index (κ1) is 20.2. The number of hydrogen-bond donors (Lipinski definition) is 3. The number of carbonyl (C=O) groups is 1. The van der Waals surface area contributed by atoms with Gasteiger partial charge in [0.2, 0.25) is 0 Å². The Morgan fingerprint density at radius 2 is 2.07 bits per heavy atom. The number of H-pyrrole nitrogens is 1. The normalized spacial score (nSPS) is 16.8. The van der Waals surface area contributed by atoms with Gasteiger partial charge in [0.15, 0.2) is 11.7 Å². The van der Waals surface area contributed by atoms with Crippen molar-refractivity contribution in [2.45, 2.75) is 40.0 Å². The smallest absolute Gasteiger partial charge is 0.312 e. The Morgan fingerprint density at radius 1 is 1.27 bits per heavy atom. The lowest BCUT2D eigenvalue weighted by Gasteiger charge is -2.24. The summed E-state index contributed by atoms with van der Waals surface area (Å²) in [7, 11) is 0. The first-order valence-electron chi connectivity index (χ1n) is 10.3. The van der Waals surface area contributed by atoms with Gasteiger partial charge in [-0.2, -0.15) is 0 Å². The second-order valence-corrected chi connectivity index (χ2v) is 8.84. The summed E-state index contributed by atoms with van der Waals surface area (Å²) in [6.45, 7) is 6.01. The summed E-state index contributed by atoms with van der Waals surface area (Å²) in [6, 6.07) is 4.04. The molecule has 0 atom stereocenters. The SMILES string of the molecule is CC1=C(c2ccc(-c3ncc(CC4CC4)[nH]3)nc2)CNC(OCC(C)(C)C(=O)O)=C1. The Morgan fingerprint density at radius 3 is 2.70 bits per heavy atom. The van der Waals surface area contributed by atoms with Crippen LogP contribution >= 0.6 is 0 Å². The van der Waals surface area contributed by atoms with E-state index in [9.17, 15) is 9.90 Å². The number of aliphatic carboxylic acids is 1. The zero-order valence-corrected chi connectivity index (χ0v) is 17.7. The fourth-order valence-electron chi connectivity index (χ4n) is 3.33. The fourth-order valence-corrected chi connectivity index (χ4v) is 3.33. The molecule has 0 unspecified atom stereocenters. The van der Waals surface area contributed by atoms with Gasteiger partial charge in [-0.15, -0.1) is 0 Å². The Labute approximate surface area is 176 Å². The van der Waals surface area contributed by atoms with Gasteiger partial charge in [0.25, 0.3) is 0 Å². The van der Waals surface area contributed by atoms with Crippen LogP contribution in [0.15, 0.2) is 42.1 Å². The van der Waals surface area contributed by atoms with Crippen molar-refractivity contribution in [1.29, 1.82) is 0 Å². The minimum absolute atomic E-state index is 0.103. The lowest BCUT2D eigenvalue weighted by molar-refractivity contribution is -0.149. The maximum atomic E-state index is 11.2.